The number of aryl methyl sites for hydroxylation is 1. The zero-order chi connectivity index (χ0) is 18.2. The summed E-state index contributed by atoms with van der Waals surface area (Å²) in [6, 6.07) is 9.96. The van der Waals surface area contributed by atoms with Crippen molar-refractivity contribution in [1.82, 2.24) is 14.9 Å². The second-order valence-corrected chi connectivity index (χ2v) is 6.49. The predicted octanol–water partition coefficient (Wildman–Crippen LogP) is 1.72. The molecule has 0 spiro atoms. The summed E-state index contributed by atoms with van der Waals surface area (Å²) in [5, 5.41) is 3.13. The van der Waals surface area contributed by atoms with E-state index in [4.69, 9.17) is 5.73 Å². The van der Waals surface area contributed by atoms with Gasteiger partial charge in [0.25, 0.3) is 0 Å². The van der Waals surface area contributed by atoms with E-state index in [0.717, 1.165) is 57.3 Å². The van der Waals surface area contributed by atoms with Gasteiger partial charge in [-0.15, -0.1) is 0 Å². The third-order valence-corrected chi connectivity index (χ3v) is 4.45. The van der Waals surface area contributed by atoms with Crippen LogP contribution in [0.25, 0.3) is 0 Å². The number of anilines is 2. The normalized spacial score (nSPS) is 15.9. The maximum Gasteiger partial charge on any atom is 0.225 e. The summed E-state index contributed by atoms with van der Waals surface area (Å²) in [5.41, 5.74) is 8.15. The molecule has 1 aliphatic rings. The summed E-state index contributed by atoms with van der Waals surface area (Å²) < 4.78 is 0. The number of rotatable bonds is 6. The molecule has 2 heterocycles. The number of piperazine rings is 1. The van der Waals surface area contributed by atoms with Crippen molar-refractivity contribution in [1.29, 1.82) is 0 Å². The molecule has 7 nitrogen and oxygen atoms in total. The molecule has 0 amide bonds. The number of nitrogens with two attached hydrogens (primary N) is 1. The lowest BCUT2D eigenvalue weighted by atomic mass is 10.2. The number of aliphatic imine (C=N–C) groups is 1. The van der Waals surface area contributed by atoms with E-state index in [1.165, 1.54) is 5.56 Å². The molecule has 1 aromatic carbocycles. The lowest BCUT2D eigenvalue weighted by Crippen LogP contribution is -2.47. The maximum absolute atomic E-state index is 5.95. The van der Waals surface area contributed by atoms with E-state index in [9.17, 15) is 0 Å². The van der Waals surface area contributed by atoms with Gasteiger partial charge in [0.2, 0.25) is 5.95 Å². The molecule has 0 saturated carbocycles. The lowest BCUT2D eigenvalue weighted by Gasteiger charge is -2.34. The minimum absolute atomic E-state index is 0.472. The Kier molecular flexibility index (Phi) is 6.38. The first kappa shape index (κ1) is 18.1. The number of hydrogen-bond acceptors (Lipinski definition) is 5. The summed E-state index contributed by atoms with van der Waals surface area (Å²) in [4.78, 5) is 17.7. The van der Waals surface area contributed by atoms with Gasteiger partial charge in [-0.3, -0.25) is 9.89 Å². The van der Waals surface area contributed by atoms with E-state index in [2.05, 4.69) is 49.1 Å². The van der Waals surface area contributed by atoms with Crippen molar-refractivity contribution in [2.45, 2.75) is 13.3 Å². The molecular formula is C19H27N7. The van der Waals surface area contributed by atoms with Crippen LogP contribution >= 0.6 is 0 Å². The van der Waals surface area contributed by atoms with E-state index in [-0.39, 0.29) is 0 Å². The predicted molar refractivity (Wildman–Crippen MR) is 107 cm³/mol. The molecule has 0 bridgehead atoms. The van der Waals surface area contributed by atoms with Crippen molar-refractivity contribution >= 4 is 17.6 Å². The zero-order valence-electron chi connectivity index (χ0n) is 15.3. The van der Waals surface area contributed by atoms with Crippen LogP contribution in [-0.4, -0.2) is 60.1 Å². The highest BCUT2D eigenvalue weighted by atomic mass is 15.3. The molecule has 1 fully saturated rings. The average Bonchev–Trinajstić information content (AvgIpc) is 2.68. The van der Waals surface area contributed by atoms with Crippen molar-refractivity contribution in [2.75, 3.05) is 49.5 Å². The molecule has 3 rings (SSSR count). The van der Waals surface area contributed by atoms with Gasteiger partial charge in [0.15, 0.2) is 5.96 Å². The third kappa shape index (κ3) is 5.42. The van der Waals surface area contributed by atoms with Crippen LogP contribution < -0.4 is 16.0 Å². The molecule has 138 valence electrons. The highest BCUT2D eigenvalue weighted by Crippen LogP contribution is 2.10. The van der Waals surface area contributed by atoms with Gasteiger partial charge in [-0.1, -0.05) is 17.7 Å². The molecule has 26 heavy (non-hydrogen) atoms. The fourth-order valence-electron chi connectivity index (χ4n) is 2.94. The molecule has 1 saturated heterocycles. The van der Waals surface area contributed by atoms with E-state index in [0.29, 0.717) is 5.96 Å². The quantitative estimate of drug-likeness (QED) is 0.467. The van der Waals surface area contributed by atoms with Crippen LogP contribution in [0.2, 0.25) is 0 Å². The summed E-state index contributed by atoms with van der Waals surface area (Å²) in [6.45, 7) is 7.80. The Morgan fingerprint density at radius 2 is 1.81 bits per heavy atom. The average molecular weight is 353 g/mol. The van der Waals surface area contributed by atoms with Crippen LogP contribution in [0.3, 0.4) is 0 Å². The summed E-state index contributed by atoms with van der Waals surface area (Å²) in [5.74, 6) is 1.30. The fourth-order valence-corrected chi connectivity index (χ4v) is 2.94. The standard InChI is InChI=1S/C19H27N7/c1-16-4-6-17(7-5-16)24-18(20)21-10-3-11-25-12-14-26(15-13-25)19-22-8-2-9-23-19/h2,4-9H,3,10-15H2,1H3,(H3,20,21,24). The Labute approximate surface area is 155 Å². The first-order valence-corrected chi connectivity index (χ1v) is 9.08. The van der Waals surface area contributed by atoms with Crippen molar-refractivity contribution < 1.29 is 0 Å². The smallest absolute Gasteiger partial charge is 0.225 e. The second-order valence-electron chi connectivity index (χ2n) is 6.49. The second kappa shape index (κ2) is 9.15. The third-order valence-electron chi connectivity index (χ3n) is 4.45. The lowest BCUT2D eigenvalue weighted by molar-refractivity contribution is 0.255. The van der Waals surface area contributed by atoms with E-state index in [1.807, 2.05) is 18.2 Å². The molecule has 3 N–H and O–H groups in total. The Balaban J connectivity index is 1.34. The minimum atomic E-state index is 0.472. The van der Waals surface area contributed by atoms with E-state index >= 15 is 0 Å². The van der Waals surface area contributed by atoms with Crippen LogP contribution in [-0.2, 0) is 0 Å². The van der Waals surface area contributed by atoms with Crippen molar-refractivity contribution in [3.63, 3.8) is 0 Å². The Morgan fingerprint density at radius 3 is 2.50 bits per heavy atom. The van der Waals surface area contributed by atoms with Gasteiger partial charge in [0, 0.05) is 57.3 Å². The zero-order valence-corrected chi connectivity index (χ0v) is 15.3. The van der Waals surface area contributed by atoms with Crippen LogP contribution in [0.4, 0.5) is 11.6 Å². The van der Waals surface area contributed by atoms with Crippen molar-refractivity contribution in [3.8, 4) is 0 Å². The molecule has 1 aliphatic heterocycles. The number of benzene rings is 1. The molecular weight excluding hydrogens is 326 g/mol. The van der Waals surface area contributed by atoms with E-state index in [1.54, 1.807) is 12.4 Å². The van der Waals surface area contributed by atoms with Gasteiger partial charge in [-0.05, 0) is 31.5 Å². The molecule has 1 aromatic heterocycles. The Hall–Kier alpha value is -2.67. The highest BCUT2D eigenvalue weighted by Gasteiger charge is 2.17. The van der Waals surface area contributed by atoms with Gasteiger partial charge < -0.3 is 16.0 Å². The molecule has 0 radical (unpaired) electrons. The highest BCUT2D eigenvalue weighted by molar-refractivity contribution is 5.92. The number of guanidine groups is 1. The first-order valence-electron chi connectivity index (χ1n) is 9.08. The number of hydrogen-bond donors (Lipinski definition) is 2. The number of aromatic nitrogens is 2. The summed E-state index contributed by atoms with van der Waals surface area (Å²) in [6.07, 6.45) is 4.58. The molecule has 0 unspecified atom stereocenters. The summed E-state index contributed by atoms with van der Waals surface area (Å²) >= 11 is 0. The maximum atomic E-state index is 5.95. The molecule has 0 aliphatic carbocycles. The van der Waals surface area contributed by atoms with Crippen LogP contribution in [0, 0.1) is 6.92 Å². The SMILES string of the molecule is Cc1ccc(NC(N)=NCCCN2CCN(c3ncccn3)CC2)cc1. The number of nitrogens with one attached hydrogen (secondary N) is 1. The van der Waals surface area contributed by atoms with Crippen molar-refractivity contribution in [2.24, 2.45) is 10.7 Å². The molecule has 0 atom stereocenters. The van der Waals surface area contributed by atoms with Gasteiger partial charge in [-0.2, -0.15) is 0 Å². The van der Waals surface area contributed by atoms with Gasteiger partial charge >= 0.3 is 0 Å². The monoisotopic (exact) mass is 353 g/mol. The Morgan fingerprint density at radius 1 is 1.12 bits per heavy atom. The van der Waals surface area contributed by atoms with Gasteiger partial charge in [0.1, 0.15) is 0 Å². The first-order chi connectivity index (χ1) is 12.7. The topological polar surface area (TPSA) is 82.7 Å². The van der Waals surface area contributed by atoms with Gasteiger partial charge in [-0.25, -0.2) is 9.97 Å². The Bertz CT molecular complexity index is 692. The minimum Gasteiger partial charge on any atom is -0.370 e. The van der Waals surface area contributed by atoms with E-state index < -0.39 is 0 Å². The molecule has 7 heteroatoms. The van der Waals surface area contributed by atoms with Gasteiger partial charge in [0.05, 0.1) is 0 Å². The number of nitrogens with zero attached hydrogens (tertiary/aromatic N) is 5. The van der Waals surface area contributed by atoms with Crippen molar-refractivity contribution in [3.05, 3.63) is 48.3 Å². The molecule has 2 aromatic rings. The summed E-state index contributed by atoms with van der Waals surface area (Å²) in [7, 11) is 0. The van der Waals surface area contributed by atoms with Crippen LogP contribution in [0.15, 0.2) is 47.7 Å². The van der Waals surface area contributed by atoms with Crippen LogP contribution in [0.5, 0.6) is 0 Å². The largest absolute Gasteiger partial charge is 0.370 e. The van der Waals surface area contributed by atoms with Crippen LogP contribution in [0.1, 0.15) is 12.0 Å². The fraction of sp³-hybridized carbons (Fsp3) is 0.421.